The summed E-state index contributed by atoms with van der Waals surface area (Å²) in [5, 5.41) is 0. The van der Waals surface area contributed by atoms with Crippen molar-refractivity contribution in [3.63, 3.8) is 0 Å². The molecule has 4 bridgehead atoms. The highest BCUT2D eigenvalue weighted by Gasteiger charge is 2.58. The molecule has 128 valence electrons. The van der Waals surface area contributed by atoms with E-state index >= 15 is 0 Å². The zero-order valence-electron chi connectivity index (χ0n) is 14.0. The van der Waals surface area contributed by atoms with E-state index in [-0.39, 0.29) is 17.7 Å². The number of methoxy groups -OCH3 is 1. The first-order valence-electron chi connectivity index (χ1n) is 8.90. The molecule has 0 N–H and O–H groups in total. The van der Waals surface area contributed by atoms with Gasteiger partial charge in [0.25, 0.3) is 0 Å². The monoisotopic (exact) mass is 330 g/mol. The van der Waals surface area contributed by atoms with Gasteiger partial charge >= 0.3 is 5.97 Å². The zero-order chi connectivity index (χ0) is 16.9. The Morgan fingerprint density at radius 2 is 1.58 bits per heavy atom. The quantitative estimate of drug-likeness (QED) is 0.625. The van der Waals surface area contributed by atoms with Gasteiger partial charge in [0.1, 0.15) is 5.82 Å². The number of benzene rings is 1. The Labute approximate surface area is 141 Å². The topological polar surface area (TPSA) is 43.4 Å². The molecule has 0 saturated heterocycles. The first-order valence-corrected chi connectivity index (χ1v) is 8.90. The number of carbonyl (C=O) groups is 2. The third kappa shape index (κ3) is 2.30. The Balaban J connectivity index is 1.76. The van der Waals surface area contributed by atoms with Gasteiger partial charge in [0.05, 0.1) is 7.11 Å². The van der Waals surface area contributed by atoms with Crippen LogP contribution in [0.2, 0.25) is 0 Å². The Morgan fingerprint density at radius 3 is 2.08 bits per heavy atom. The maximum Gasteiger partial charge on any atom is 0.374 e. The summed E-state index contributed by atoms with van der Waals surface area (Å²) in [6.45, 7) is 0. The molecule has 4 fully saturated rings. The van der Waals surface area contributed by atoms with Crippen LogP contribution < -0.4 is 0 Å². The van der Waals surface area contributed by atoms with Crippen LogP contribution in [0.1, 0.15) is 44.1 Å². The lowest BCUT2D eigenvalue weighted by atomic mass is 9.43. The van der Waals surface area contributed by atoms with E-state index in [9.17, 15) is 14.0 Å². The van der Waals surface area contributed by atoms with E-state index in [0.29, 0.717) is 11.8 Å². The summed E-state index contributed by atoms with van der Waals surface area (Å²) in [6.07, 6.45) is 6.01. The van der Waals surface area contributed by atoms with E-state index in [1.165, 1.54) is 25.7 Å². The average molecular weight is 330 g/mol. The molecule has 4 aliphatic carbocycles. The van der Waals surface area contributed by atoms with Crippen molar-refractivity contribution in [2.24, 2.45) is 23.7 Å². The molecule has 0 aromatic heterocycles. The van der Waals surface area contributed by atoms with Gasteiger partial charge in [-0.25, -0.2) is 9.18 Å². The smallest absolute Gasteiger partial charge is 0.374 e. The summed E-state index contributed by atoms with van der Waals surface area (Å²) in [5.74, 6) is 0.862. The summed E-state index contributed by atoms with van der Waals surface area (Å²) >= 11 is 0. The molecule has 0 aliphatic heterocycles. The van der Waals surface area contributed by atoms with Crippen LogP contribution in [0.5, 0.6) is 0 Å². The minimum atomic E-state index is -0.759. The first-order chi connectivity index (χ1) is 11.5. The van der Waals surface area contributed by atoms with Crippen molar-refractivity contribution >= 4 is 11.8 Å². The molecule has 0 amide bonds. The fourth-order valence-electron chi connectivity index (χ4n) is 6.10. The number of hydrogen-bond donors (Lipinski definition) is 0. The van der Waals surface area contributed by atoms with E-state index in [2.05, 4.69) is 4.74 Å². The number of ether oxygens (including phenoxy) is 1. The summed E-state index contributed by atoms with van der Waals surface area (Å²) in [6, 6.07) is 6.60. The number of Topliss-reactive ketones (excluding diaryl/α,β-unsaturated/α-hetero) is 1. The maximum atomic E-state index is 13.4. The van der Waals surface area contributed by atoms with Crippen molar-refractivity contribution in [2.45, 2.75) is 43.9 Å². The van der Waals surface area contributed by atoms with Crippen molar-refractivity contribution in [3.8, 4) is 0 Å². The molecule has 5 rings (SSSR count). The van der Waals surface area contributed by atoms with Gasteiger partial charge in [0, 0.05) is 11.8 Å². The maximum absolute atomic E-state index is 13.4. The molecule has 0 radical (unpaired) electrons. The third-order valence-electron chi connectivity index (χ3n) is 6.84. The largest absolute Gasteiger partial charge is 0.463 e. The van der Waals surface area contributed by atoms with Gasteiger partial charge in [0.15, 0.2) is 0 Å². The van der Waals surface area contributed by atoms with Crippen molar-refractivity contribution in [1.29, 1.82) is 0 Å². The highest BCUT2D eigenvalue weighted by molar-refractivity contribution is 6.33. The molecule has 3 nitrogen and oxygen atoms in total. The Bertz CT molecular complexity index is 636. The molecule has 0 heterocycles. The second-order valence-corrected chi connectivity index (χ2v) is 7.94. The van der Waals surface area contributed by atoms with E-state index in [0.717, 1.165) is 43.1 Å². The van der Waals surface area contributed by atoms with Crippen molar-refractivity contribution in [3.05, 3.63) is 35.6 Å². The molecule has 4 aliphatic rings. The second-order valence-electron chi connectivity index (χ2n) is 7.94. The van der Waals surface area contributed by atoms with Gasteiger partial charge in [-0.2, -0.15) is 0 Å². The lowest BCUT2D eigenvalue weighted by Gasteiger charge is -2.61. The summed E-state index contributed by atoms with van der Waals surface area (Å²) in [5.41, 5.74) is 0.696. The molecule has 0 atom stereocenters. The fourth-order valence-corrected chi connectivity index (χ4v) is 6.10. The van der Waals surface area contributed by atoms with Crippen LogP contribution in [0.3, 0.4) is 0 Å². The van der Waals surface area contributed by atoms with Crippen LogP contribution in [-0.2, 0) is 19.7 Å². The Hall–Kier alpha value is -1.71. The molecular weight excluding hydrogens is 307 g/mol. The van der Waals surface area contributed by atoms with Crippen LogP contribution in [0.25, 0.3) is 0 Å². The van der Waals surface area contributed by atoms with Crippen molar-refractivity contribution in [1.82, 2.24) is 0 Å². The normalized spacial score (nSPS) is 36.6. The van der Waals surface area contributed by atoms with Crippen molar-refractivity contribution in [2.75, 3.05) is 7.11 Å². The molecule has 0 spiro atoms. The van der Waals surface area contributed by atoms with Crippen LogP contribution >= 0.6 is 0 Å². The highest BCUT2D eigenvalue weighted by atomic mass is 19.1. The molecule has 4 heteroatoms. The number of carbonyl (C=O) groups excluding carboxylic acids is 2. The van der Waals surface area contributed by atoms with Crippen LogP contribution in [0.4, 0.5) is 4.39 Å². The van der Waals surface area contributed by atoms with Crippen LogP contribution in [0.15, 0.2) is 24.3 Å². The molecule has 4 saturated carbocycles. The lowest BCUT2D eigenvalue weighted by Crippen LogP contribution is -2.56. The SMILES string of the molecule is COC(=O)C(=O)CC1(c2ccc(F)cc2)C2CC3CC(C2)CC1C3. The predicted molar refractivity (Wildman–Crippen MR) is 86.8 cm³/mol. The number of hydrogen-bond acceptors (Lipinski definition) is 3. The standard InChI is InChI=1S/C20H23FO3/c1-24-19(23)18(22)11-20(14-2-4-17(21)5-3-14)15-7-12-6-13(9-15)10-16(20)8-12/h2-5,12-13,15-16H,6-11H2,1H3. The first kappa shape index (κ1) is 15.8. The Kier molecular flexibility index (Phi) is 3.74. The molecule has 1 aromatic carbocycles. The fraction of sp³-hybridized carbons (Fsp3) is 0.600. The summed E-state index contributed by atoms with van der Waals surface area (Å²) in [4.78, 5) is 24.2. The van der Waals surface area contributed by atoms with E-state index in [1.54, 1.807) is 0 Å². The zero-order valence-corrected chi connectivity index (χ0v) is 14.0. The number of ketones is 1. The number of esters is 1. The van der Waals surface area contributed by atoms with E-state index in [4.69, 9.17) is 0 Å². The predicted octanol–water partition coefficient (Wildman–Crippen LogP) is 3.65. The van der Waals surface area contributed by atoms with Crippen molar-refractivity contribution < 1.29 is 18.7 Å². The van der Waals surface area contributed by atoms with Gasteiger partial charge in [-0.05, 0) is 73.5 Å². The average Bonchev–Trinajstić information content (AvgIpc) is 2.57. The molecule has 1 aromatic rings. The van der Waals surface area contributed by atoms with Gasteiger partial charge < -0.3 is 4.74 Å². The molecule has 0 unspecified atom stereocenters. The Morgan fingerprint density at radius 1 is 1.04 bits per heavy atom. The number of rotatable bonds is 4. The van der Waals surface area contributed by atoms with Gasteiger partial charge in [-0.3, -0.25) is 4.79 Å². The van der Waals surface area contributed by atoms with Crippen LogP contribution in [-0.4, -0.2) is 18.9 Å². The van der Waals surface area contributed by atoms with Crippen LogP contribution in [0, 0.1) is 29.5 Å². The van der Waals surface area contributed by atoms with Gasteiger partial charge in [-0.15, -0.1) is 0 Å². The van der Waals surface area contributed by atoms with Gasteiger partial charge in [-0.1, -0.05) is 12.1 Å². The summed E-state index contributed by atoms with van der Waals surface area (Å²) in [7, 11) is 1.25. The minimum Gasteiger partial charge on any atom is -0.463 e. The highest BCUT2D eigenvalue weighted by Crippen LogP contribution is 2.64. The molecular formula is C20H23FO3. The number of halogens is 1. The van der Waals surface area contributed by atoms with Gasteiger partial charge in [0.2, 0.25) is 5.78 Å². The summed E-state index contributed by atoms with van der Waals surface area (Å²) < 4.78 is 18.1. The lowest BCUT2D eigenvalue weighted by molar-refractivity contribution is -0.154. The van der Waals surface area contributed by atoms with E-state index < -0.39 is 11.8 Å². The van der Waals surface area contributed by atoms with E-state index in [1.807, 2.05) is 12.1 Å². The third-order valence-corrected chi connectivity index (χ3v) is 6.84. The second kappa shape index (κ2) is 5.68. The molecule has 24 heavy (non-hydrogen) atoms. The minimum absolute atomic E-state index is 0.195.